The first-order valence-electron chi connectivity index (χ1n) is 13.2. The molecular formula is C29H32ClFN6O4. The van der Waals surface area contributed by atoms with Gasteiger partial charge in [0.05, 0.1) is 36.1 Å². The molecule has 1 saturated heterocycles. The molecule has 41 heavy (non-hydrogen) atoms. The summed E-state index contributed by atoms with van der Waals surface area (Å²) < 4.78 is 26.0. The maximum absolute atomic E-state index is 14.5. The number of benzene rings is 2. The number of aromatic nitrogens is 2. The molecule has 10 nitrogen and oxygen atoms in total. The minimum absolute atomic E-state index is 0.0562. The molecule has 216 valence electrons. The predicted octanol–water partition coefficient (Wildman–Crippen LogP) is 4.73. The minimum Gasteiger partial charge on any atom is -0.495 e. The van der Waals surface area contributed by atoms with E-state index in [1.165, 1.54) is 13.3 Å². The van der Waals surface area contributed by atoms with Gasteiger partial charge in [-0.2, -0.15) is 4.98 Å². The number of nitrogens with zero attached hydrogens (tertiary/aromatic N) is 3. The van der Waals surface area contributed by atoms with E-state index in [1.807, 2.05) is 31.9 Å². The number of methoxy groups -OCH3 is 1. The van der Waals surface area contributed by atoms with Crippen molar-refractivity contribution in [1.82, 2.24) is 25.5 Å². The van der Waals surface area contributed by atoms with Crippen molar-refractivity contribution in [2.75, 3.05) is 32.6 Å². The van der Waals surface area contributed by atoms with Gasteiger partial charge in [-0.05, 0) is 63.6 Å². The molecule has 3 N–H and O–H groups in total. The maximum Gasteiger partial charge on any atom is 0.256 e. The van der Waals surface area contributed by atoms with Crippen molar-refractivity contribution in [2.45, 2.75) is 44.9 Å². The van der Waals surface area contributed by atoms with Gasteiger partial charge in [-0.1, -0.05) is 23.7 Å². The zero-order valence-electron chi connectivity index (χ0n) is 23.5. The second-order valence-electron chi connectivity index (χ2n) is 10.8. The topological polar surface area (TPSA) is 118 Å². The third kappa shape index (κ3) is 5.77. The van der Waals surface area contributed by atoms with E-state index in [0.29, 0.717) is 46.8 Å². The number of hydrogen-bond acceptors (Lipinski definition) is 8. The zero-order valence-corrected chi connectivity index (χ0v) is 24.2. The van der Waals surface area contributed by atoms with Gasteiger partial charge in [0.15, 0.2) is 0 Å². The number of amides is 2. The summed E-state index contributed by atoms with van der Waals surface area (Å²) in [4.78, 5) is 36.3. The van der Waals surface area contributed by atoms with Crippen LogP contribution in [0.25, 0.3) is 0 Å². The summed E-state index contributed by atoms with van der Waals surface area (Å²) in [5.41, 5.74) is 2.22. The lowest BCUT2D eigenvalue weighted by atomic mass is 9.94. The van der Waals surface area contributed by atoms with Crippen LogP contribution < -0.4 is 25.4 Å². The molecule has 3 aromatic rings. The van der Waals surface area contributed by atoms with Crippen LogP contribution in [0.2, 0.25) is 5.02 Å². The van der Waals surface area contributed by atoms with Gasteiger partial charge in [0.1, 0.15) is 22.7 Å². The van der Waals surface area contributed by atoms with E-state index >= 15 is 0 Å². The number of fused-ring (bicyclic) bond motifs is 1. The number of hydrogen-bond donors (Lipinski definition) is 3. The van der Waals surface area contributed by atoms with Gasteiger partial charge in [0.2, 0.25) is 11.8 Å². The Balaban J connectivity index is 1.37. The van der Waals surface area contributed by atoms with E-state index in [9.17, 15) is 14.0 Å². The molecule has 0 spiro atoms. The Morgan fingerprint density at radius 1 is 1.27 bits per heavy atom. The number of halogens is 2. The van der Waals surface area contributed by atoms with Crippen LogP contribution in [0.5, 0.6) is 17.4 Å². The smallest absolute Gasteiger partial charge is 0.256 e. The molecule has 0 aliphatic carbocycles. The van der Waals surface area contributed by atoms with Crippen molar-refractivity contribution in [3.63, 3.8) is 0 Å². The van der Waals surface area contributed by atoms with E-state index < -0.39 is 17.8 Å². The summed E-state index contributed by atoms with van der Waals surface area (Å²) in [5.74, 6) is 0.281. The molecule has 1 fully saturated rings. The molecule has 2 atom stereocenters. The monoisotopic (exact) mass is 582 g/mol. The average molecular weight is 583 g/mol. The standard InChI is InChI=1S/C29H32ClFN6O4/c1-15-11-21(23(40-5)12-16(15)25(38)33-20-9-10-37(4)14-19(20)31)34-28-32-13-18(30)27(35-28)41-22-8-6-7-17-24(22)26(39)36-29(17,2)3/h6-8,11-13,19-20H,9-10,14H2,1-5H3,(H,33,38)(H,36,39)(H,32,34,35)/t19-,20?/m1/s1. The summed E-state index contributed by atoms with van der Waals surface area (Å²) >= 11 is 6.35. The Kier molecular flexibility index (Phi) is 7.76. The molecule has 0 radical (unpaired) electrons. The molecule has 2 amide bonds. The largest absolute Gasteiger partial charge is 0.495 e. The van der Waals surface area contributed by atoms with Crippen molar-refractivity contribution in [3.8, 4) is 17.4 Å². The highest BCUT2D eigenvalue weighted by Gasteiger charge is 2.37. The molecule has 0 bridgehead atoms. The SMILES string of the molecule is COc1cc(C(=O)NC2CCN(C)C[C@H]2F)c(C)cc1Nc1ncc(Cl)c(Oc2cccc3c2C(=O)NC3(C)C)n1. The molecule has 0 saturated carbocycles. The van der Waals surface area contributed by atoms with E-state index in [1.54, 1.807) is 31.2 Å². The summed E-state index contributed by atoms with van der Waals surface area (Å²) in [5, 5.41) is 9.01. The number of carbonyl (C=O) groups is 2. The van der Waals surface area contributed by atoms with Crippen LogP contribution >= 0.6 is 11.6 Å². The van der Waals surface area contributed by atoms with Crippen molar-refractivity contribution in [2.24, 2.45) is 0 Å². The average Bonchev–Trinajstić information content (AvgIpc) is 3.16. The van der Waals surface area contributed by atoms with Crippen molar-refractivity contribution in [1.29, 1.82) is 0 Å². The Morgan fingerprint density at radius 3 is 2.78 bits per heavy atom. The predicted molar refractivity (Wildman–Crippen MR) is 153 cm³/mol. The Morgan fingerprint density at radius 2 is 2.05 bits per heavy atom. The summed E-state index contributed by atoms with van der Waals surface area (Å²) in [6.07, 6.45) is 0.776. The number of alkyl halides is 1. The van der Waals surface area contributed by atoms with Crippen LogP contribution in [-0.4, -0.2) is 66.1 Å². The van der Waals surface area contributed by atoms with Gasteiger partial charge >= 0.3 is 0 Å². The van der Waals surface area contributed by atoms with E-state index in [2.05, 4.69) is 25.9 Å². The summed E-state index contributed by atoms with van der Waals surface area (Å²) in [6.45, 7) is 6.59. The molecule has 2 aliphatic rings. The normalized spacial score (nSPS) is 19.7. The van der Waals surface area contributed by atoms with Crippen LogP contribution in [0.15, 0.2) is 36.5 Å². The molecule has 1 unspecified atom stereocenters. The highest BCUT2D eigenvalue weighted by atomic mass is 35.5. The first kappa shape index (κ1) is 28.6. The van der Waals surface area contributed by atoms with Gasteiger partial charge < -0.3 is 30.3 Å². The molecule has 2 aliphatic heterocycles. The van der Waals surface area contributed by atoms with E-state index in [-0.39, 0.29) is 35.2 Å². The van der Waals surface area contributed by atoms with Crippen LogP contribution in [0.1, 0.15) is 52.1 Å². The molecule has 3 heterocycles. The number of aryl methyl sites for hydroxylation is 1. The Bertz CT molecular complexity index is 1520. The minimum atomic E-state index is -1.14. The van der Waals surface area contributed by atoms with Crippen LogP contribution in [0.4, 0.5) is 16.0 Å². The van der Waals surface area contributed by atoms with Gasteiger partial charge in [-0.15, -0.1) is 0 Å². The van der Waals surface area contributed by atoms with Crippen molar-refractivity contribution in [3.05, 3.63) is 63.8 Å². The van der Waals surface area contributed by atoms with Crippen molar-refractivity contribution < 1.29 is 23.5 Å². The third-order valence-electron chi connectivity index (χ3n) is 7.37. The number of ether oxygens (including phenoxy) is 2. The number of anilines is 2. The van der Waals surface area contributed by atoms with E-state index in [4.69, 9.17) is 21.1 Å². The molecule has 5 rings (SSSR count). The molecule has 12 heteroatoms. The highest BCUT2D eigenvalue weighted by molar-refractivity contribution is 6.31. The van der Waals surface area contributed by atoms with Crippen LogP contribution in [0, 0.1) is 6.92 Å². The maximum atomic E-state index is 14.5. The number of nitrogens with one attached hydrogen (secondary N) is 3. The van der Waals surface area contributed by atoms with Gasteiger partial charge in [0.25, 0.3) is 11.8 Å². The van der Waals surface area contributed by atoms with Crippen molar-refractivity contribution >= 4 is 35.1 Å². The lowest BCUT2D eigenvalue weighted by molar-refractivity contribution is 0.0820. The number of likely N-dealkylation sites (tertiary alicyclic amines) is 1. The number of rotatable bonds is 7. The third-order valence-corrected chi connectivity index (χ3v) is 7.63. The van der Waals surface area contributed by atoms with Crippen LogP contribution in [0.3, 0.4) is 0 Å². The van der Waals surface area contributed by atoms with Gasteiger partial charge in [-0.25, -0.2) is 9.37 Å². The molecule has 2 aromatic carbocycles. The number of piperidine rings is 1. The first-order valence-corrected chi connectivity index (χ1v) is 13.6. The summed E-state index contributed by atoms with van der Waals surface area (Å²) in [7, 11) is 3.34. The van der Waals surface area contributed by atoms with Crippen LogP contribution in [-0.2, 0) is 5.54 Å². The fourth-order valence-corrected chi connectivity index (χ4v) is 5.29. The fraction of sp³-hybridized carbons (Fsp3) is 0.379. The molecule has 1 aromatic heterocycles. The van der Waals surface area contributed by atoms with Gasteiger partial charge in [0, 0.05) is 18.7 Å². The second-order valence-corrected chi connectivity index (χ2v) is 11.3. The molecular weight excluding hydrogens is 551 g/mol. The van der Waals surface area contributed by atoms with Gasteiger partial charge in [-0.3, -0.25) is 9.59 Å². The fourth-order valence-electron chi connectivity index (χ4n) is 5.16. The lowest BCUT2D eigenvalue weighted by Crippen LogP contribution is -2.51. The summed E-state index contributed by atoms with van der Waals surface area (Å²) in [6, 6.07) is 8.12. The first-order chi connectivity index (χ1) is 19.5. The zero-order chi connectivity index (χ0) is 29.5. The number of carbonyl (C=O) groups excluding carboxylic acids is 2. The second kappa shape index (κ2) is 11.1. The van der Waals surface area contributed by atoms with E-state index in [0.717, 1.165) is 5.56 Å². The lowest BCUT2D eigenvalue weighted by Gasteiger charge is -2.32. The Labute approximate surface area is 242 Å². The highest BCUT2D eigenvalue weighted by Crippen LogP contribution is 2.39. The quantitative estimate of drug-likeness (QED) is 0.366. The Hall–Kier alpha value is -3.96.